The summed E-state index contributed by atoms with van der Waals surface area (Å²) in [4.78, 5) is 6.57. The lowest BCUT2D eigenvalue weighted by molar-refractivity contribution is 1.21. The van der Waals surface area contributed by atoms with Crippen LogP contribution in [0.5, 0.6) is 0 Å². The van der Waals surface area contributed by atoms with E-state index in [1.165, 1.54) is 10.5 Å². The summed E-state index contributed by atoms with van der Waals surface area (Å²) in [6.45, 7) is 2.12. The van der Waals surface area contributed by atoms with Crippen LogP contribution in [-0.4, -0.2) is 4.98 Å². The topological polar surface area (TPSA) is 12.9 Å². The summed E-state index contributed by atoms with van der Waals surface area (Å²) < 4.78 is 1.01. The third-order valence-electron chi connectivity index (χ3n) is 2.00. The molecule has 0 atom stereocenters. The molecule has 1 heterocycles. The first-order valence-electron chi connectivity index (χ1n) is 4.60. The largest absolute Gasteiger partial charge is 0.262 e. The van der Waals surface area contributed by atoms with Crippen LogP contribution in [0.4, 0.5) is 0 Å². The Balaban J connectivity index is 2.26. The second kappa shape index (κ2) is 4.81. The zero-order chi connectivity index (χ0) is 10.7. The SMILES string of the molecule is Cc1ccccc1Sc1cncc(Br)c1. The molecule has 0 saturated carbocycles. The average molecular weight is 280 g/mol. The van der Waals surface area contributed by atoms with Crippen LogP contribution in [0.25, 0.3) is 0 Å². The number of nitrogens with zero attached hydrogens (tertiary/aromatic N) is 1. The van der Waals surface area contributed by atoms with Crippen LogP contribution in [0.1, 0.15) is 5.56 Å². The number of hydrogen-bond acceptors (Lipinski definition) is 2. The summed E-state index contributed by atoms with van der Waals surface area (Å²) in [6, 6.07) is 10.4. The maximum absolute atomic E-state index is 4.14. The van der Waals surface area contributed by atoms with Gasteiger partial charge in [0, 0.05) is 26.7 Å². The molecular formula is C12H10BrNS. The molecule has 0 fully saturated rings. The smallest absolute Gasteiger partial charge is 0.0411 e. The van der Waals surface area contributed by atoms with Gasteiger partial charge >= 0.3 is 0 Å². The Morgan fingerprint density at radius 1 is 1.20 bits per heavy atom. The molecule has 0 spiro atoms. The lowest BCUT2D eigenvalue weighted by Crippen LogP contribution is -1.80. The van der Waals surface area contributed by atoms with Crippen LogP contribution in [0.15, 0.2) is 57.0 Å². The van der Waals surface area contributed by atoms with Crippen molar-refractivity contribution in [2.75, 3.05) is 0 Å². The normalized spacial score (nSPS) is 10.3. The van der Waals surface area contributed by atoms with E-state index in [0.29, 0.717) is 0 Å². The van der Waals surface area contributed by atoms with Crippen LogP contribution >= 0.6 is 27.7 Å². The van der Waals surface area contributed by atoms with Crippen molar-refractivity contribution < 1.29 is 0 Å². The number of halogens is 1. The summed E-state index contributed by atoms with van der Waals surface area (Å²) >= 11 is 5.15. The molecule has 1 nitrogen and oxygen atoms in total. The van der Waals surface area contributed by atoms with Gasteiger partial charge in [0.05, 0.1) is 0 Å². The van der Waals surface area contributed by atoms with Gasteiger partial charge in [-0.1, -0.05) is 30.0 Å². The molecule has 15 heavy (non-hydrogen) atoms. The Morgan fingerprint density at radius 3 is 2.73 bits per heavy atom. The second-order valence-corrected chi connectivity index (χ2v) is 5.24. The van der Waals surface area contributed by atoms with Gasteiger partial charge in [0.1, 0.15) is 0 Å². The van der Waals surface area contributed by atoms with Gasteiger partial charge in [0.15, 0.2) is 0 Å². The van der Waals surface area contributed by atoms with E-state index in [4.69, 9.17) is 0 Å². The van der Waals surface area contributed by atoms with Gasteiger partial charge in [-0.05, 0) is 40.5 Å². The first kappa shape index (κ1) is 10.7. The van der Waals surface area contributed by atoms with E-state index in [9.17, 15) is 0 Å². The Kier molecular flexibility index (Phi) is 3.44. The molecule has 0 amide bonds. The van der Waals surface area contributed by atoms with E-state index in [-0.39, 0.29) is 0 Å². The minimum Gasteiger partial charge on any atom is -0.262 e. The molecule has 0 bridgehead atoms. The third-order valence-corrected chi connectivity index (χ3v) is 3.57. The van der Waals surface area contributed by atoms with Crippen LogP contribution in [-0.2, 0) is 0 Å². The van der Waals surface area contributed by atoms with E-state index in [2.05, 4.69) is 58.2 Å². The van der Waals surface area contributed by atoms with Crippen LogP contribution in [0.3, 0.4) is 0 Å². The average Bonchev–Trinajstić information content (AvgIpc) is 2.22. The van der Waals surface area contributed by atoms with Crippen molar-refractivity contribution in [3.63, 3.8) is 0 Å². The quantitative estimate of drug-likeness (QED) is 0.813. The van der Waals surface area contributed by atoms with Gasteiger partial charge in [-0.2, -0.15) is 0 Å². The molecule has 76 valence electrons. The standard InChI is InChI=1S/C12H10BrNS/c1-9-4-2-3-5-12(9)15-11-6-10(13)7-14-8-11/h2-8H,1H3. The van der Waals surface area contributed by atoms with E-state index >= 15 is 0 Å². The van der Waals surface area contributed by atoms with Crippen molar-refractivity contribution in [2.45, 2.75) is 16.7 Å². The molecule has 0 radical (unpaired) electrons. The van der Waals surface area contributed by atoms with Gasteiger partial charge in [0.2, 0.25) is 0 Å². The zero-order valence-corrected chi connectivity index (χ0v) is 10.7. The van der Waals surface area contributed by atoms with Crippen molar-refractivity contribution in [3.8, 4) is 0 Å². The summed E-state index contributed by atoms with van der Waals surface area (Å²) in [5.74, 6) is 0. The molecule has 2 rings (SSSR count). The predicted molar refractivity (Wildman–Crippen MR) is 67.2 cm³/mol. The molecule has 1 aromatic carbocycles. The molecule has 2 aromatic rings. The highest BCUT2D eigenvalue weighted by Crippen LogP contribution is 2.30. The van der Waals surface area contributed by atoms with Gasteiger partial charge < -0.3 is 0 Å². The van der Waals surface area contributed by atoms with E-state index < -0.39 is 0 Å². The third kappa shape index (κ3) is 2.83. The minimum absolute atomic E-state index is 1.01. The molecule has 0 unspecified atom stereocenters. The molecule has 0 aliphatic rings. The highest BCUT2D eigenvalue weighted by molar-refractivity contribution is 9.10. The zero-order valence-electron chi connectivity index (χ0n) is 8.27. The fourth-order valence-corrected chi connectivity index (χ4v) is 2.69. The highest BCUT2D eigenvalue weighted by Gasteiger charge is 2.00. The Hall–Kier alpha value is -0.800. The fraction of sp³-hybridized carbons (Fsp3) is 0.0833. The van der Waals surface area contributed by atoms with Crippen molar-refractivity contribution in [3.05, 3.63) is 52.8 Å². The Morgan fingerprint density at radius 2 is 2.00 bits per heavy atom. The minimum atomic E-state index is 1.01. The highest BCUT2D eigenvalue weighted by atomic mass is 79.9. The molecule has 0 N–H and O–H groups in total. The molecule has 0 aliphatic heterocycles. The second-order valence-electron chi connectivity index (χ2n) is 3.21. The maximum atomic E-state index is 4.14. The number of benzene rings is 1. The summed E-state index contributed by atoms with van der Waals surface area (Å²) in [5, 5.41) is 0. The first-order valence-corrected chi connectivity index (χ1v) is 6.21. The van der Waals surface area contributed by atoms with Gasteiger partial charge in [-0.3, -0.25) is 4.98 Å². The van der Waals surface area contributed by atoms with Crippen LogP contribution in [0.2, 0.25) is 0 Å². The Labute approximate surface area is 102 Å². The molecule has 1 aromatic heterocycles. The van der Waals surface area contributed by atoms with Gasteiger partial charge in [-0.25, -0.2) is 0 Å². The number of aromatic nitrogens is 1. The van der Waals surface area contributed by atoms with Crippen molar-refractivity contribution in [1.29, 1.82) is 0 Å². The number of pyridine rings is 1. The lowest BCUT2D eigenvalue weighted by Gasteiger charge is -2.04. The van der Waals surface area contributed by atoms with Gasteiger partial charge in [-0.15, -0.1) is 0 Å². The molecule has 3 heteroatoms. The molecular weight excluding hydrogens is 270 g/mol. The van der Waals surface area contributed by atoms with Crippen molar-refractivity contribution in [1.82, 2.24) is 4.98 Å². The number of aryl methyl sites for hydroxylation is 1. The number of rotatable bonds is 2. The van der Waals surface area contributed by atoms with Crippen LogP contribution < -0.4 is 0 Å². The predicted octanol–water partition coefficient (Wildman–Crippen LogP) is 4.30. The molecule has 0 aliphatic carbocycles. The van der Waals surface area contributed by atoms with Crippen molar-refractivity contribution in [2.24, 2.45) is 0 Å². The van der Waals surface area contributed by atoms with E-state index in [1.54, 1.807) is 18.0 Å². The van der Waals surface area contributed by atoms with Crippen molar-refractivity contribution >= 4 is 27.7 Å². The monoisotopic (exact) mass is 279 g/mol. The summed E-state index contributed by atoms with van der Waals surface area (Å²) in [7, 11) is 0. The number of hydrogen-bond donors (Lipinski definition) is 0. The lowest BCUT2D eigenvalue weighted by atomic mass is 10.2. The fourth-order valence-electron chi connectivity index (χ4n) is 1.25. The maximum Gasteiger partial charge on any atom is 0.0411 e. The molecule has 0 saturated heterocycles. The Bertz CT molecular complexity index is 471. The summed E-state index contributed by atoms with van der Waals surface area (Å²) in [6.07, 6.45) is 3.67. The summed E-state index contributed by atoms with van der Waals surface area (Å²) in [5.41, 5.74) is 1.29. The van der Waals surface area contributed by atoms with E-state index in [0.717, 1.165) is 9.37 Å². The first-order chi connectivity index (χ1) is 7.25. The van der Waals surface area contributed by atoms with Crippen LogP contribution in [0, 0.1) is 6.92 Å². The van der Waals surface area contributed by atoms with E-state index in [1.807, 2.05) is 6.20 Å². The van der Waals surface area contributed by atoms with Gasteiger partial charge in [0.25, 0.3) is 0 Å².